The summed E-state index contributed by atoms with van der Waals surface area (Å²) < 4.78 is 12.1. The van der Waals surface area contributed by atoms with Gasteiger partial charge in [0.05, 0.1) is 31.5 Å². The summed E-state index contributed by atoms with van der Waals surface area (Å²) in [5.41, 5.74) is 1.33. The molecule has 0 spiro atoms. The molecule has 3 aromatic rings. The van der Waals surface area contributed by atoms with Gasteiger partial charge in [-0.25, -0.2) is 4.98 Å². The van der Waals surface area contributed by atoms with Crippen LogP contribution in [-0.2, 0) is 20.9 Å². The smallest absolute Gasteiger partial charge is 0.310 e. The van der Waals surface area contributed by atoms with Gasteiger partial charge in [0.25, 0.3) is 5.56 Å². The van der Waals surface area contributed by atoms with Gasteiger partial charge < -0.3 is 14.4 Å². The lowest BCUT2D eigenvalue weighted by Crippen LogP contribution is -2.44. The number of nitrogens with zero attached hydrogens (tertiary/aromatic N) is 3. The number of hydrogen-bond acceptors (Lipinski definition) is 7. The van der Waals surface area contributed by atoms with Crippen LogP contribution in [0.25, 0.3) is 20.7 Å². The molecular formula is C23H25N3O5S. The molecule has 1 atom stereocenters. The van der Waals surface area contributed by atoms with Crippen molar-refractivity contribution in [3.63, 3.8) is 0 Å². The van der Waals surface area contributed by atoms with Crippen molar-refractivity contribution in [3.05, 3.63) is 47.0 Å². The fraction of sp³-hybridized carbons (Fsp3) is 0.391. The lowest BCUT2D eigenvalue weighted by Gasteiger charge is -2.31. The first-order valence-electron chi connectivity index (χ1n) is 10.6. The van der Waals surface area contributed by atoms with Gasteiger partial charge >= 0.3 is 5.97 Å². The molecular weight excluding hydrogens is 430 g/mol. The molecule has 9 heteroatoms. The van der Waals surface area contributed by atoms with Gasteiger partial charge in [0.1, 0.15) is 17.0 Å². The largest absolute Gasteiger partial charge is 0.497 e. The molecule has 1 unspecified atom stereocenters. The Morgan fingerprint density at radius 1 is 1.25 bits per heavy atom. The summed E-state index contributed by atoms with van der Waals surface area (Å²) in [6, 6.07) is 9.48. The van der Waals surface area contributed by atoms with Crippen LogP contribution in [0.5, 0.6) is 5.75 Å². The fourth-order valence-corrected chi connectivity index (χ4v) is 4.92. The molecule has 3 heterocycles. The molecule has 0 N–H and O–H groups in total. The fourth-order valence-electron chi connectivity index (χ4n) is 3.86. The third-order valence-corrected chi connectivity index (χ3v) is 6.74. The zero-order valence-electron chi connectivity index (χ0n) is 18.1. The molecule has 1 aromatic carbocycles. The Balaban J connectivity index is 1.52. The van der Waals surface area contributed by atoms with Gasteiger partial charge in [-0.2, -0.15) is 0 Å². The molecule has 0 aliphatic carbocycles. The molecule has 2 aromatic heterocycles. The number of methoxy groups -OCH3 is 1. The number of aromatic nitrogens is 2. The molecule has 0 radical (unpaired) electrons. The Morgan fingerprint density at radius 3 is 2.75 bits per heavy atom. The first-order valence-corrected chi connectivity index (χ1v) is 11.4. The van der Waals surface area contributed by atoms with Crippen LogP contribution >= 0.6 is 11.3 Å². The third-order valence-electron chi connectivity index (χ3n) is 5.58. The number of hydrogen-bond donors (Lipinski definition) is 0. The quantitative estimate of drug-likeness (QED) is 0.531. The first-order chi connectivity index (χ1) is 15.5. The van der Waals surface area contributed by atoms with E-state index in [0.717, 1.165) is 22.6 Å². The maximum absolute atomic E-state index is 13.0. The van der Waals surface area contributed by atoms with Crippen molar-refractivity contribution in [2.24, 2.45) is 5.92 Å². The van der Waals surface area contributed by atoms with Crippen LogP contribution in [0.3, 0.4) is 0 Å². The standard InChI is InChI=1S/C23H25N3O5S/c1-3-31-23(29)16-5-4-10-25(12-16)20(27)13-26-14-24-18-11-19(32-21(18)22(26)28)15-6-8-17(30-2)9-7-15/h6-9,11,14,16H,3-5,10,12-13H2,1-2H3. The summed E-state index contributed by atoms with van der Waals surface area (Å²) in [5.74, 6) is -0.0184. The van der Waals surface area contributed by atoms with E-state index in [1.807, 2.05) is 30.3 Å². The zero-order valence-corrected chi connectivity index (χ0v) is 18.9. The van der Waals surface area contributed by atoms with E-state index in [4.69, 9.17) is 9.47 Å². The highest BCUT2D eigenvalue weighted by atomic mass is 32.1. The van der Waals surface area contributed by atoms with Crippen molar-refractivity contribution >= 4 is 33.4 Å². The highest BCUT2D eigenvalue weighted by molar-refractivity contribution is 7.22. The highest BCUT2D eigenvalue weighted by Gasteiger charge is 2.29. The van der Waals surface area contributed by atoms with Gasteiger partial charge in [-0.3, -0.25) is 19.0 Å². The minimum atomic E-state index is -0.311. The van der Waals surface area contributed by atoms with Crippen molar-refractivity contribution in [2.45, 2.75) is 26.3 Å². The van der Waals surface area contributed by atoms with Crippen molar-refractivity contribution in [1.82, 2.24) is 14.5 Å². The summed E-state index contributed by atoms with van der Waals surface area (Å²) in [6.07, 6.45) is 2.86. The van der Waals surface area contributed by atoms with E-state index < -0.39 is 0 Å². The lowest BCUT2D eigenvalue weighted by molar-refractivity contribution is -0.151. The van der Waals surface area contributed by atoms with E-state index in [1.54, 1.807) is 18.9 Å². The SMILES string of the molecule is CCOC(=O)C1CCCN(C(=O)Cn2cnc3cc(-c4ccc(OC)cc4)sc3c2=O)C1. The molecule has 0 saturated carbocycles. The second kappa shape index (κ2) is 9.52. The molecule has 32 heavy (non-hydrogen) atoms. The number of carbonyl (C=O) groups excluding carboxylic acids is 2. The van der Waals surface area contributed by atoms with Crippen LogP contribution < -0.4 is 10.3 Å². The average molecular weight is 456 g/mol. The number of amides is 1. The van der Waals surface area contributed by atoms with E-state index in [9.17, 15) is 14.4 Å². The zero-order chi connectivity index (χ0) is 22.7. The summed E-state index contributed by atoms with van der Waals surface area (Å²) in [6.45, 7) is 2.88. The number of carbonyl (C=O) groups is 2. The number of rotatable bonds is 6. The van der Waals surface area contributed by atoms with Crippen molar-refractivity contribution < 1.29 is 19.1 Å². The number of ether oxygens (including phenoxy) is 2. The van der Waals surface area contributed by atoms with E-state index >= 15 is 0 Å². The molecule has 168 valence electrons. The van der Waals surface area contributed by atoms with Crippen LogP contribution in [0.15, 0.2) is 41.5 Å². The summed E-state index contributed by atoms with van der Waals surface area (Å²) >= 11 is 1.35. The molecule has 1 amide bonds. The highest BCUT2D eigenvalue weighted by Crippen LogP contribution is 2.31. The number of thiophene rings is 1. The van der Waals surface area contributed by atoms with E-state index in [0.29, 0.717) is 36.3 Å². The van der Waals surface area contributed by atoms with E-state index in [-0.39, 0.29) is 29.9 Å². The van der Waals surface area contributed by atoms with Gasteiger partial charge in [0.2, 0.25) is 5.91 Å². The number of benzene rings is 1. The Hall–Kier alpha value is -3.20. The minimum Gasteiger partial charge on any atom is -0.497 e. The van der Waals surface area contributed by atoms with Gasteiger partial charge in [-0.1, -0.05) is 0 Å². The van der Waals surface area contributed by atoms with Gasteiger partial charge in [-0.15, -0.1) is 11.3 Å². The number of piperidine rings is 1. The molecule has 0 bridgehead atoms. The lowest BCUT2D eigenvalue weighted by atomic mass is 9.98. The van der Waals surface area contributed by atoms with Crippen LogP contribution in [0.2, 0.25) is 0 Å². The molecule has 1 aliphatic heterocycles. The van der Waals surface area contributed by atoms with Crippen LogP contribution in [0.1, 0.15) is 19.8 Å². The second-order valence-corrected chi connectivity index (χ2v) is 8.71. The number of fused-ring (bicyclic) bond motifs is 1. The molecule has 4 rings (SSSR count). The van der Waals surface area contributed by atoms with Gasteiger partial charge in [-0.05, 0) is 55.7 Å². The van der Waals surface area contributed by atoms with Crippen LogP contribution in [0.4, 0.5) is 0 Å². The minimum absolute atomic E-state index is 0.104. The Kier molecular flexibility index (Phi) is 6.55. The Bertz CT molecular complexity index is 1180. The number of likely N-dealkylation sites (tertiary alicyclic amines) is 1. The summed E-state index contributed by atoms with van der Waals surface area (Å²) in [7, 11) is 1.61. The maximum atomic E-state index is 13.0. The molecule has 1 aliphatic rings. The van der Waals surface area contributed by atoms with Gasteiger partial charge in [0, 0.05) is 18.0 Å². The maximum Gasteiger partial charge on any atom is 0.310 e. The summed E-state index contributed by atoms with van der Waals surface area (Å²) in [5, 5.41) is 0. The van der Waals surface area contributed by atoms with Crippen LogP contribution in [0, 0.1) is 5.92 Å². The number of esters is 1. The Labute approximate surface area is 189 Å². The molecule has 8 nitrogen and oxygen atoms in total. The van der Waals surface area contributed by atoms with Crippen molar-refractivity contribution in [3.8, 4) is 16.2 Å². The monoisotopic (exact) mass is 455 g/mol. The van der Waals surface area contributed by atoms with Gasteiger partial charge in [0.15, 0.2) is 0 Å². The Morgan fingerprint density at radius 2 is 2.03 bits per heavy atom. The first kappa shape index (κ1) is 22.0. The molecule has 1 saturated heterocycles. The average Bonchev–Trinajstić information content (AvgIpc) is 3.26. The summed E-state index contributed by atoms with van der Waals surface area (Å²) in [4.78, 5) is 44.9. The van der Waals surface area contributed by atoms with Crippen LogP contribution in [-0.4, -0.2) is 53.1 Å². The second-order valence-electron chi connectivity index (χ2n) is 7.66. The van der Waals surface area contributed by atoms with Crippen molar-refractivity contribution in [1.29, 1.82) is 0 Å². The predicted octanol–water partition coefficient (Wildman–Crippen LogP) is 2.94. The normalized spacial score (nSPS) is 16.2. The third kappa shape index (κ3) is 4.52. The topological polar surface area (TPSA) is 90.7 Å². The van der Waals surface area contributed by atoms with E-state index in [1.165, 1.54) is 22.2 Å². The van der Waals surface area contributed by atoms with E-state index in [2.05, 4.69) is 4.98 Å². The predicted molar refractivity (Wildman–Crippen MR) is 122 cm³/mol. The molecule has 1 fully saturated rings. The van der Waals surface area contributed by atoms with Crippen molar-refractivity contribution in [2.75, 3.05) is 26.8 Å².